The summed E-state index contributed by atoms with van der Waals surface area (Å²) in [6.45, 7) is 7.01. The molecule has 65 valence electrons. The number of hydrogen-bond donors (Lipinski definition) is 0. The Bertz CT molecular complexity index is 95.0. The van der Waals surface area contributed by atoms with Crippen LogP contribution in [-0.4, -0.2) is 18.0 Å². The van der Waals surface area contributed by atoms with Crippen molar-refractivity contribution in [1.29, 1.82) is 0 Å². The summed E-state index contributed by atoms with van der Waals surface area (Å²) in [5.41, 5.74) is 0. The zero-order chi connectivity index (χ0) is 8.10. The predicted molar refractivity (Wildman–Crippen MR) is 49.2 cm³/mol. The first-order valence-corrected chi connectivity index (χ1v) is 4.98. The van der Waals surface area contributed by atoms with Gasteiger partial charge in [0, 0.05) is 6.04 Å². The lowest BCUT2D eigenvalue weighted by atomic mass is 10.2. The molecule has 0 aromatic carbocycles. The molecule has 1 aliphatic rings. The Hall–Kier alpha value is -0.0400. The van der Waals surface area contributed by atoms with Gasteiger partial charge in [-0.2, -0.15) is 0 Å². The Balaban J connectivity index is 2.27. The highest BCUT2D eigenvalue weighted by Gasteiger charge is 2.20. The van der Waals surface area contributed by atoms with Crippen LogP contribution in [0.5, 0.6) is 0 Å². The lowest BCUT2D eigenvalue weighted by Gasteiger charge is -2.25. The van der Waals surface area contributed by atoms with E-state index in [0.29, 0.717) is 0 Å². The van der Waals surface area contributed by atoms with E-state index >= 15 is 0 Å². The molecule has 1 rings (SSSR count). The van der Waals surface area contributed by atoms with Crippen LogP contribution in [0.15, 0.2) is 0 Å². The Morgan fingerprint density at radius 2 is 1.82 bits per heavy atom. The summed E-state index contributed by atoms with van der Waals surface area (Å²) in [7, 11) is 0. The summed E-state index contributed by atoms with van der Waals surface area (Å²) < 4.78 is 0. The molecule has 0 aliphatic heterocycles. The van der Waals surface area contributed by atoms with Crippen molar-refractivity contribution in [3.63, 3.8) is 0 Å². The third kappa shape index (κ3) is 2.48. The summed E-state index contributed by atoms with van der Waals surface area (Å²) in [4.78, 5) is 2.56. The van der Waals surface area contributed by atoms with Crippen LogP contribution in [0.25, 0.3) is 0 Å². The van der Waals surface area contributed by atoms with Gasteiger partial charge in [0.15, 0.2) is 0 Å². The van der Waals surface area contributed by atoms with Crippen molar-refractivity contribution < 1.29 is 0 Å². The fourth-order valence-electron chi connectivity index (χ4n) is 1.91. The summed E-state index contributed by atoms with van der Waals surface area (Å²) in [5.74, 6) is 0. The molecular formula is C10H20N. The average Bonchev–Trinajstić information content (AvgIpc) is 2.52. The molecule has 0 atom stereocenters. The van der Waals surface area contributed by atoms with Gasteiger partial charge >= 0.3 is 0 Å². The SMILES string of the molecule is CCCN(CC)[C]1CCCC1. The molecule has 0 bridgehead atoms. The van der Waals surface area contributed by atoms with Gasteiger partial charge < -0.3 is 0 Å². The van der Waals surface area contributed by atoms with E-state index in [1.165, 1.54) is 45.2 Å². The van der Waals surface area contributed by atoms with Gasteiger partial charge in [0.05, 0.1) is 0 Å². The van der Waals surface area contributed by atoms with E-state index in [1.807, 2.05) is 0 Å². The molecule has 0 heterocycles. The molecule has 0 N–H and O–H groups in total. The fraction of sp³-hybridized carbons (Fsp3) is 0.900. The van der Waals surface area contributed by atoms with Gasteiger partial charge in [-0.15, -0.1) is 0 Å². The Morgan fingerprint density at radius 3 is 2.27 bits per heavy atom. The van der Waals surface area contributed by atoms with Crippen molar-refractivity contribution in [2.45, 2.75) is 46.0 Å². The molecule has 0 aromatic heterocycles. The maximum atomic E-state index is 2.56. The Labute approximate surface area is 70.8 Å². The number of hydrogen-bond acceptors (Lipinski definition) is 1. The van der Waals surface area contributed by atoms with E-state index in [2.05, 4.69) is 18.7 Å². The van der Waals surface area contributed by atoms with E-state index in [1.54, 1.807) is 6.04 Å². The minimum absolute atomic E-state index is 1.21. The molecule has 0 saturated heterocycles. The third-order valence-electron chi connectivity index (χ3n) is 2.50. The fourth-order valence-corrected chi connectivity index (χ4v) is 1.91. The highest BCUT2D eigenvalue weighted by molar-refractivity contribution is 4.93. The van der Waals surface area contributed by atoms with Gasteiger partial charge in [0.25, 0.3) is 0 Å². The molecule has 1 nitrogen and oxygen atoms in total. The van der Waals surface area contributed by atoms with Gasteiger partial charge in [-0.1, -0.05) is 26.7 Å². The Kier molecular flexibility index (Phi) is 3.92. The smallest absolute Gasteiger partial charge is 0.0393 e. The van der Waals surface area contributed by atoms with Crippen LogP contribution in [0.1, 0.15) is 46.0 Å². The Morgan fingerprint density at radius 1 is 1.18 bits per heavy atom. The second-order valence-corrected chi connectivity index (χ2v) is 3.35. The molecule has 11 heavy (non-hydrogen) atoms. The minimum atomic E-state index is 1.21. The molecule has 0 aromatic rings. The van der Waals surface area contributed by atoms with E-state index in [4.69, 9.17) is 0 Å². The largest absolute Gasteiger partial charge is 0.296 e. The van der Waals surface area contributed by atoms with Gasteiger partial charge in [-0.05, 0) is 32.4 Å². The quantitative estimate of drug-likeness (QED) is 0.602. The van der Waals surface area contributed by atoms with Gasteiger partial charge in [-0.25, -0.2) is 0 Å². The molecule has 1 radical (unpaired) electrons. The second kappa shape index (κ2) is 4.76. The van der Waals surface area contributed by atoms with Gasteiger partial charge in [-0.3, -0.25) is 4.90 Å². The van der Waals surface area contributed by atoms with Crippen LogP contribution in [0.4, 0.5) is 0 Å². The summed E-state index contributed by atoms with van der Waals surface area (Å²) >= 11 is 0. The molecule has 1 heteroatoms. The first-order valence-electron chi connectivity index (χ1n) is 4.98. The molecule has 0 spiro atoms. The van der Waals surface area contributed by atoms with E-state index in [0.717, 1.165) is 0 Å². The average molecular weight is 154 g/mol. The molecule has 1 saturated carbocycles. The minimum Gasteiger partial charge on any atom is -0.296 e. The third-order valence-corrected chi connectivity index (χ3v) is 2.50. The van der Waals surface area contributed by atoms with E-state index in [9.17, 15) is 0 Å². The van der Waals surface area contributed by atoms with Crippen LogP contribution in [0.2, 0.25) is 0 Å². The van der Waals surface area contributed by atoms with Crippen molar-refractivity contribution >= 4 is 0 Å². The zero-order valence-corrected chi connectivity index (χ0v) is 7.90. The van der Waals surface area contributed by atoms with Gasteiger partial charge in [0.2, 0.25) is 0 Å². The highest BCUT2D eigenvalue weighted by atomic mass is 15.1. The van der Waals surface area contributed by atoms with Gasteiger partial charge in [0.1, 0.15) is 0 Å². The zero-order valence-electron chi connectivity index (χ0n) is 7.90. The molecule has 0 unspecified atom stereocenters. The van der Waals surface area contributed by atoms with Crippen molar-refractivity contribution in [2.24, 2.45) is 0 Å². The van der Waals surface area contributed by atoms with Crippen molar-refractivity contribution in [1.82, 2.24) is 4.90 Å². The normalized spacial score (nSPS) is 19.9. The lowest BCUT2D eigenvalue weighted by Crippen LogP contribution is -2.27. The van der Waals surface area contributed by atoms with Crippen molar-refractivity contribution in [2.75, 3.05) is 13.1 Å². The standard InChI is InChI=1S/C10H20N/c1-3-9-11(4-2)10-7-5-6-8-10/h3-9H2,1-2H3. The van der Waals surface area contributed by atoms with E-state index < -0.39 is 0 Å². The monoisotopic (exact) mass is 154 g/mol. The predicted octanol–water partition coefficient (Wildman–Crippen LogP) is 2.82. The number of rotatable bonds is 4. The molecular weight excluding hydrogens is 134 g/mol. The molecule has 1 aliphatic carbocycles. The van der Waals surface area contributed by atoms with E-state index in [-0.39, 0.29) is 0 Å². The van der Waals surface area contributed by atoms with Crippen LogP contribution in [0, 0.1) is 6.04 Å². The van der Waals surface area contributed by atoms with Crippen LogP contribution in [0.3, 0.4) is 0 Å². The first-order chi connectivity index (χ1) is 5.38. The summed E-state index contributed by atoms with van der Waals surface area (Å²) in [5, 5.41) is 0. The molecule has 0 amide bonds. The maximum Gasteiger partial charge on any atom is 0.0393 e. The van der Waals surface area contributed by atoms with Crippen molar-refractivity contribution in [3.8, 4) is 0 Å². The van der Waals surface area contributed by atoms with Crippen LogP contribution in [-0.2, 0) is 0 Å². The second-order valence-electron chi connectivity index (χ2n) is 3.35. The maximum absolute atomic E-state index is 2.56. The summed E-state index contributed by atoms with van der Waals surface area (Å²) in [6.07, 6.45) is 6.88. The number of nitrogens with zero attached hydrogens (tertiary/aromatic N) is 1. The highest BCUT2D eigenvalue weighted by Crippen LogP contribution is 2.29. The van der Waals surface area contributed by atoms with Crippen molar-refractivity contribution in [3.05, 3.63) is 6.04 Å². The first kappa shape index (κ1) is 9.05. The van der Waals surface area contributed by atoms with Crippen LogP contribution < -0.4 is 0 Å². The lowest BCUT2D eigenvalue weighted by molar-refractivity contribution is 0.290. The van der Waals surface area contributed by atoms with Crippen LogP contribution >= 0.6 is 0 Å². The molecule has 1 fully saturated rings. The summed E-state index contributed by atoms with van der Waals surface area (Å²) in [6, 6.07) is 1.72. The topological polar surface area (TPSA) is 3.24 Å².